The second-order valence-corrected chi connectivity index (χ2v) is 11.0. The van der Waals surface area contributed by atoms with Gasteiger partial charge >= 0.3 is 0 Å². The Labute approximate surface area is 208 Å². The molecule has 0 spiro atoms. The third-order valence-corrected chi connectivity index (χ3v) is 8.70. The Morgan fingerprint density at radius 2 is 1.68 bits per heavy atom. The van der Waals surface area contributed by atoms with Crippen LogP contribution in [0.5, 0.6) is 0 Å². The van der Waals surface area contributed by atoms with Crippen molar-refractivity contribution in [3.8, 4) is 0 Å². The Morgan fingerprint density at radius 3 is 2.47 bits per heavy atom. The van der Waals surface area contributed by atoms with E-state index in [0.29, 0.717) is 12.1 Å². The Morgan fingerprint density at radius 1 is 0.912 bits per heavy atom. The quantitative estimate of drug-likeness (QED) is 0.595. The monoisotopic (exact) mass is 471 g/mol. The third kappa shape index (κ3) is 6.41. The number of likely N-dealkylation sites (tertiary alicyclic amines) is 1. The zero-order valence-corrected chi connectivity index (χ0v) is 21.3. The van der Waals surface area contributed by atoms with Gasteiger partial charge in [-0.15, -0.1) is 0 Å². The van der Waals surface area contributed by atoms with E-state index in [2.05, 4.69) is 36.4 Å². The summed E-state index contributed by atoms with van der Waals surface area (Å²) in [7, 11) is 0. The van der Waals surface area contributed by atoms with Gasteiger partial charge in [-0.1, -0.05) is 32.1 Å². The first kappa shape index (κ1) is 24.3. The summed E-state index contributed by atoms with van der Waals surface area (Å²) in [6, 6.07) is 3.96. The summed E-state index contributed by atoms with van der Waals surface area (Å²) in [5.41, 5.74) is 0. The lowest BCUT2D eigenvalue weighted by molar-refractivity contribution is 0.128. The molecule has 2 atom stereocenters. The molecule has 0 bridgehead atoms. The number of aromatic nitrogens is 2. The lowest BCUT2D eigenvalue weighted by atomic mass is 9.92. The van der Waals surface area contributed by atoms with Crippen LogP contribution in [0.25, 0.3) is 0 Å². The third-order valence-electron chi connectivity index (χ3n) is 8.70. The molecule has 7 nitrogen and oxygen atoms in total. The highest BCUT2D eigenvalue weighted by molar-refractivity contribution is 5.43. The van der Waals surface area contributed by atoms with Crippen molar-refractivity contribution >= 4 is 11.8 Å². The van der Waals surface area contributed by atoms with E-state index in [1.807, 2.05) is 6.20 Å². The van der Waals surface area contributed by atoms with E-state index >= 15 is 0 Å². The van der Waals surface area contributed by atoms with Crippen LogP contribution in [0.4, 0.5) is 11.8 Å². The molecular weight excluding hydrogens is 422 g/mol. The van der Waals surface area contributed by atoms with Crippen molar-refractivity contribution in [3.05, 3.63) is 12.3 Å². The van der Waals surface area contributed by atoms with Gasteiger partial charge in [0.25, 0.3) is 0 Å². The fourth-order valence-corrected chi connectivity index (χ4v) is 6.80. The molecule has 3 saturated heterocycles. The molecule has 192 valence electrons. The fourth-order valence-electron chi connectivity index (χ4n) is 6.80. The predicted molar refractivity (Wildman–Crippen MR) is 143 cm³/mol. The maximum absolute atomic E-state index is 5.00. The minimum Gasteiger partial charge on any atom is -0.356 e. The van der Waals surface area contributed by atoms with Gasteiger partial charge in [0.1, 0.15) is 5.82 Å². The van der Waals surface area contributed by atoms with Crippen molar-refractivity contribution in [1.29, 1.82) is 0 Å². The van der Waals surface area contributed by atoms with E-state index in [4.69, 9.17) is 4.98 Å². The van der Waals surface area contributed by atoms with E-state index in [1.165, 1.54) is 103 Å². The summed E-state index contributed by atoms with van der Waals surface area (Å²) < 4.78 is 0. The summed E-state index contributed by atoms with van der Waals surface area (Å²) in [6.07, 6.45) is 18.0. The molecule has 1 aromatic heterocycles. The van der Waals surface area contributed by atoms with Crippen molar-refractivity contribution in [2.45, 2.75) is 95.2 Å². The highest BCUT2D eigenvalue weighted by atomic mass is 15.3. The normalized spacial score (nSPS) is 28.2. The molecule has 4 aliphatic rings. The Kier molecular flexibility index (Phi) is 8.92. The topological polar surface area (TPSA) is 59.6 Å². The van der Waals surface area contributed by atoms with Crippen LogP contribution in [0.15, 0.2) is 12.3 Å². The Bertz CT molecular complexity index is 730. The smallest absolute Gasteiger partial charge is 0.224 e. The van der Waals surface area contributed by atoms with Crippen molar-refractivity contribution < 1.29 is 1.43 Å². The molecule has 0 radical (unpaired) electrons. The molecule has 0 aromatic carbocycles. The van der Waals surface area contributed by atoms with Crippen LogP contribution in [0.2, 0.25) is 0 Å². The first-order valence-corrected chi connectivity index (χ1v) is 14.4. The van der Waals surface area contributed by atoms with Crippen molar-refractivity contribution in [3.63, 3.8) is 0 Å². The molecule has 5 rings (SSSR count). The van der Waals surface area contributed by atoms with Gasteiger partial charge in [-0.25, -0.2) is 4.98 Å². The van der Waals surface area contributed by atoms with E-state index in [9.17, 15) is 0 Å². The van der Waals surface area contributed by atoms with Gasteiger partial charge < -0.3 is 20.4 Å². The van der Waals surface area contributed by atoms with E-state index in [0.717, 1.165) is 44.0 Å². The SMILES string of the molecule is [HH].c1cc(N2CCCCCC2)nc(N[C@H]2CCN(C3CCCCC3)[C@@H]2CCCN2CCNCC2)n1. The van der Waals surface area contributed by atoms with Gasteiger partial charge in [-0.3, -0.25) is 4.90 Å². The number of nitrogens with zero attached hydrogens (tertiary/aromatic N) is 5. The number of piperazine rings is 1. The lowest BCUT2D eigenvalue weighted by Crippen LogP contribution is -2.46. The molecule has 2 N–H and O–H groups in total. The maximum atomic E-state index is 5.00. The molecule has 7 heteroatoms. The van der Waals surface area contributed by atoms with Crippen molar-refractivity contribution in [2.24, 2.45) is 0 Å². The molecule has 1 aromatic rings. The first-order valence-electron chi connectivity index (χ1n) is 14.4. The summed E-state index contributed by atoms with van der Waals surface area (Å²) in [5, 5.41) is 7.31. The number of hydrogen-bond acceptors (Lipinski definition) is 7. The second-order valence-electron chi connectivity index (χ2n) is 11.0. The Hall–Kier alpha value is -1.44. The number of anilines is 2. The van der Waals surface area contributed by atoms with Crippen LogP contribution < -0.4 is 15.5 Å². The van der Waals surface area contributed by atoms with Gasteiger partial charge in [-0.2, -0.15) is 4.98 Å². The first-order chi connectivity index (χ1) is 16.9. The highest BCUT2D eigenvalue weighted by Crippen LogP contribution is 2.32. The minimum atomic E-state index is 0. The molecule has 0 amide bonds. The highest BCUT2D eigenvalue weighted by Gasteiger charge is 2.38. The van der Waals surface area contributed by atoms with Crippen molar-refractivity contribution in [1.82, 2.24) is 25.1 Å². The van der Waals surface area contributed by atoms with E-state index in [1.54, 1.807) is 0 Å². The zero-order chi connectivity index (χ0) is 23.0. The van der Waals surface area contributed by atoms with Crippen LogP contribution in [0, 0.1) is 0 Å². The van der Waals surface area contributed by atoms with Gasteiger partial charge in [0.05, 0.1) is 0 Å². The number of hydrogen-bond donors (Lipinski definition) is 2. The van der Waals surface area contributed by atoms with E-state index in [-0.39, 0.29) is 1.43 Å². The molecule has 3 aliphatic heterocycles. The lowest BCUT2D eigenvalue weighted by Gasteiger charge is -2.37. The van der Waals surface area contributed by atoms with Crippen LogP contribution in [-0.4, -0.2) is 90.3 Å². The maximum Gasteiger partial charge on any atom is 0.224 e. The largest absolute Gasteiger partial charge is 0.356 e. The van der Waals surface area contributed by atoms with Crippen LogP contribution >= 0.6 is 0 Å². The van der Waals surface area contributed by atoms with Gasteiger partial charge in [0.15, 0.2) is 0 Å². The second kappa shape index (κ2) is 12.5. The van der Waals surface area contributed by atoms with Crippen LogP contribution in [-0.2, 0) is 0 Å². The minimum absolute atomic E-state index is 0. The molecule has 4 fully saturated rings. The van der Waals surface area contributed by atoms with Crippen molar-refractivity contribution in [2.75, 3.05) is 62.6 Å². The average Bonchev–Trinajstić information content (AvgIpc) is 3.09. The average molecular weight is 472 g/mol. The van der Waals surface area contributed by atoms with Gasteiger partial charge in [0.2, 0.25) is 5.95 Å². The Balaban J connectivity index is 0.00000289. The molecule has 1 aliphatic carbocycles. The summed E-state index contributed by atoms with van der Waals surface area (Å²) in [4.78, 5) is 17.7. The molecule has 1 saturated carbocycles. The molecule has 0 unspecified atom stereocenters. The zero-order valence-electron chi connectivity index (χ0n) is 21.3. The standard InChI is InChI=1S/C27H47N7.H2/c1-2-7-19-33(18-6-1)26-12-14-29-27(31-26)30-24-13-20-34(23-9-4-3-5-10-23)25(24)11-8-17-32-21-15-28-16-22-32;/h12,14,23-25,28H,1-11,13,15-22H2,(H,29,30,31);1H/t24-,25+;/m0./s1. The van der Waals surface area contributed by atoms with Crippen LogP contribution in [0.1, 0.15) is 78.5 Å². The van der Waals surface area contributed by atoms with Gasteiger partial charge in [-0.05, 0) is 57.6 Å². The van der Waals surface area contributed by atoms with Crippen LogP contribution in [0.3, 0.4) is 0 Å². The summed E-state index contributed by atoms with van der Waals surface area (Å²) >= 11 is 0. The van der Waals surface area contributed by atoms with E-state index < -0.39 is 0 Å². The molecule has 4 heterocycles. The molecular formula is C27H49N7. The predicted octanol–water partition coefficient (Wildman–Crippen LogP) is 3.98. The summed E-state index contributed by atoms with van der Waals surface area (Å²) in [6.45, 7) is 9.43. The molecule has 34 heavy (non-hydrogen) atoms. The number of rotatable bonds is 8. The fraction of sp³-hybridized carbons (Fsp3) is 0.852. The summed E-state index contributed by atoms with van der Waals surface area (Å²) in [5.74, 6) is 1.95. The number of nitrogens with one attached hydrogen (secondary N) is 2. The van der Waals surface area contributed by atoms with Gasteiger partial charge in [0, 0.05) is 71.6 Å².